The summed E-state index contributed by atoms with van der Waals surface area (Å²) < 4.78 is 29.0. The lowest BCUT2D eigenvalue weighted by molar-refractivity contribution is -0.219. The monoisotopic (exact) mass is 792 g/mol. The highest BCUT2D eigenvalue weighted by molar-refractivity contribution is 7.00. The second-order valence-corrected chi connectivity index (χ2v) is 26.1. The molecule has 1 heterocycles. The Balaban J connectivity index is 1.36. The minimum Gasteiger partial charge on any atom is -0.432 e. The molecule has 2 aliphatic rings. The Hall–Kier alpha value is -4.56. The van der Waals surface area contributed by atoms with E-state index in [0.717, 1.165) is 12.8 Å². The highest BCUT2D eigenvalue weighted by Gasteiger charge is 2.58. The Morgan fingerprint density at radius 2 is 1.04 bits per heavy atom. The van der Waals surface area contributed by atoms with Crippen LogP contribution in [0.4, 0.5) is 0 Å². The van der Waals surface area contributed by atoms with Crippen molar-refractivity contribution in [2.75, 3.05) is 0 Å². The lowest BCUT2D eigenvalue weighted by Gasteiger charge is -2.52. The number of hydrogen-bond donors (Lipinski definition) is 0. The maximum absolute atomic E-state index is 14.1. The summed E-state index contributed by atoms with van der Waals surface area (Å²) in [5.41, 5.74) is 1.11. The first kappa shape index (κ1) is 40.6. The summed E-state index contributed by atoms with van der Waals surface area (Å²) in [5, 5.41) is 4.11. The molecule has 0 radical (unpaired) electrons. The molecule has 0 amide bonds. The van der Waals surface area contributed by atoms with E-state index >= 15 is 0 Å². The Labute approximate surface area is 342 Å². The van der Waals surface area contributed by atoms with Crippen molar-refractivity contribution in [1.82, 2.24) is 0 Å². The highest BCUT2D eigenvalue weighted by atomic mass is 28.4. The fourth-order valence-electron chi connectivity index (χ4n) is 8.54. The van der Waals surface area contributed by atoms with Crippen molar-refractivity contribution in [3.8, 4) is 11.8 Å². The number of hydrogen-bond acceptors (Lipinski definition) is 5. The first-order chi connectivity index (χ1) is 27.3. The molecular formula is C50H56O5Si2. The zero-order valence-corrected chi connectivity index (χ0v) is 36.4. The molecule has 0 aromatic heterocycles. The summed E-state index contributed by atoms with van der Waals surface area (Å²) in [6.45, 7) is 15.8. The summed E-state index contributed by atoms with van der Waals surface area (Å²) >= 11 is 0. The number of esters is 1. The third-order valence-corrected chi connectivity index (χ3v) is 21.6. The molecule has 4 atom stereocenters. The van der Waals surface area contributed by atoms with E-state index in [1.54, 1.807) is 6.07 Å². The largest absolute Gasteiger partial charge is 0.432 e. The Kier molecular flexibility index (Phi) is 11.9. The van der Waals surface area contributed by atoms with Gasteiger partial charge in [0.25, 0.3) is 16.6 Å². The molecule has 0 N–H and O–H groups in total. The van der Waals surface area contributed by atoms with E-state index in [1.165, 1.54) is 20.7 Å². The number of carbonyl (C=O) groups excluding carboxylic acids is 1. The Morgan fingerprint density at radius 1 is 0.614 bits per heavy atom. The molecule has 7 rings (SSSR count). The molecule has 294 valence electrons. The van der Waals surface area contributed by atoms with Crippen LogP contribution in [0, 0.1) is 17.8 Å². The van der Waals surface area contributed by atoms with Crippen LogP contribution in [-0.2, 0) is 18.3 Å². The SMILES string of the molecule is C[C@H]1OC(OC(=O)c2ccccc2C#CC2CC2)C[C@H](O[Si](c2ccccc2)(c2ccccc2)C(C)(C)C)[C@@H]1O[Si](c1ccccc1)(c1ccccc1)C(C)(C)C. The third-order valence-electron chi connectivity index (χ3n) is 11.5. The fraction of sp³-hybridized carbons (Fsp3) is 0.340. The molecule has 7 heteroatoms. The van der Waals surface area contributed by atoms with Gasteiger partial charge in [-0.3, -0.25) is 0 Å². The van der Waals surface area contributed by atoms with Gasteiger partial charge in [0, 0.05) is 17.9 Å². The second-order valence-electron chi connectivity index (χ2n) is 17.6. The smallest absolute Gasteiger partial charge is 0.341 e. The highest BCUT2D eigenvalue weighted by Crippen LogP contribution is 2.43. The minimum atomic E-state index is -3.12. The number of benzene rings is 5. The molecule has 2 fully saturated rings. The van der Waals surface area contributed by atoms with Crippen molar-refractivity contribution >= 4 is 43.4 Å². The maximum atomic E-state index is 14.1. The van der Waals surface area contributed by atoms with Crippen LogP contribution in [-0.4, -0.2) is 47.2 Å². The Morgan fingerprint density at radius 3 is 1.47 bits per heavy atom. The minimum absolute atomic E-state index is 0.286. The Bertz CT molecular complexity index is 2090. The van der Waals surface area contributed by atoms with E-state index in [1.807, 2.05) is 25.1 Å². The molecule has 1 saturated heterocycles. The van der Waals surface area contributed by atoms with Gasteiger partial charge in [-0.2, -0.15) is 0 Å². The van der Waals surface area contributed by atoms with E-state index < -0.39 is 47.2 Å². The summed E-state index contributed by atoms with van der Waals surface area (Å²) in [5.74, 6) is 6.50. The average molecular weight is 793 g/mol. The summed E-state index contributed by atoms with van der Waals surface area (Å²) in [7, 11) is -6.22. The average Bonchev–Trinajstić information content (AvgIpc) is 4.04. The zero-order valence-electron chi connectivity index (χ0n) is 34.4. The standard InChI is InChI=1S/C50H56O5Si2/c1-37-47(55-57(50(5,6)7,42-27-16-10-17-28-42)43-29-18-11-19-30-43)45(36-46(52-37)53-48(51)44-31-21-20-22-39(44)35-34-38-32-33-38)54-56(49(2,3)4,40-23-12-8-13-24-40)41-25-14-9-15-26-41/h8-31,37-38,45-47H,32-33,36H2,1-7H3/t37-,45+,46?,47-/m1/s1. The summed E-state index contributed by atoms with van der Waals surface area (Å²) in [6.07, 6.45) is 0.118. The lowest BCUT2D eigenvalue weighted by atomic mass is 10.0. The number of carbonyl (C=O) groups is 1. The lowest BCUT2D eigenvalue weighted by Crippen LogP contribution is -2.73. The van der Waals surface area contributed by atoms with E-state index in [4.69, 9.17) is 18.3 Å². The van der Waals surface area contributed by atoms with Crippen molar-refractivity contribution in [3.63, 3.8) is 0 Å². The molecule has 5 nitrogen and oxygen atoms in total. The molecule has 5 aromatic carbocycles. The summed E-state index contributed by atoms with van der Waals surface area (Å²) in [6, 6.07) is 50.2. The van der Waals surface area contributed by atoms with Gasteiger partial charge in [0.1, 0.15) is 0 Å². The first-order valence-electron chi connectivity index (χ1n) is 20.4. The number of rotatable bonds is 10. The molecule has 1 aliphatic carbocycles. The van der Waals surface area contributed by atoms with Crippen LogP contribution in [0.5, 0.6) is 0 Å². The van der Waals surface area contributed by atoms with Gasteiger partial charge in [0.15, 0.2) is 0 Å². The first-order valence-corrected chi connectivity index (χ1v) is 24.2. The predicted molar refractivity (Wildman–Crippen MR) is 235 cm³/mol. The van der Waals surface area contributed by atoms with Crippen LogP contribution >= 0.6 is 0 Å². The van der Waals surface area contributed by atoms with E-state index in [-0.39, 0.29) is 10.1 Å². The topological polar surface area (TPSA) is 54.0 Å². The van der Waals surface area contributed by atoms with Crippen molar-refractivity contribution in [1.29, 1.82) is 0 Å². The van der Waals surface area contributed by atoms with Gasteiger partial charge in [0.2, 0.25) is 6.29 Å². The third kappa shape index (κ3) is 8.39. The molecule has 0 bridgehead atoms. The van der Waals surface area contributed by atoms with Gasteiger partial charge in [-0.1, -0.05) is 187 Å². The fourth-order valence-corrected chi connectivity index (χ4v) is 18.0. The normalized spacial score (nSPS) is 20.3. The quantitative estimate of drug-likeness (QED) is 0.0806. The van der Waals surface area contributed by atoms with Gasteiger partial charge in [0.05, 0.1) is 23.9 Å². The van der Waals surface area contributed by atoms with E-state index in [0.29, 0.717) is 23.5 Å². The molecule has 5 aromatic rings. The van der Waals surface area contributed by atoms with E-state index in [2.05, 4.69) is 175 Å². The van der Waals surface area contributed by atoms with Crippen LogP contribution in [0.15, 0.2) is 146 Å². The van der Waals surface area contributed by atoms with Crippen molar-refractivity contribution in [2.45, 2.75) is 102 Å². The van der Waals surface area contributed by atoms with Crippen molar-refractivity contribution in [2.24, 2.45) is 5.92 Å². The van der Waals surface area contributed by atoms with Crippen LogP contribution < -0.4 is 20.7 Å². The zero-order chi connectivity index (χ0) is 40.3. The van der Waals surface area contributed by atoms with Crippen LogP contribution in [0.25, 0.3) is 0 Å². The molecule has 1 aliphatic heterocycles. The van der Waals surface area contributed by atoms with Crippen molar-refractivity contribution < 1.29 is 23.1 Å². The molecule has 1 saturated carbocycles. The maximum Gasteiger partial charge on any atom is 0.341 e. The second kappa shape index (κ2) is 16.7. The summed E-state index contributed by atoms with van der Waals surface area (Å²) in [4.78, 5) is 14.1. The molecular weight excluding hydrogens is 737 g/mol. The van der Waals surface area contributed by atoms with Gasteiger partial charge < -0.3 is 18.3 Å². The van der Waals surface area contributed by atoms with Gasteiger partial charge in [-0.05, 0) is 62.7 Å². The predicted octanol–water partition coefficient (Wildman–Crippen LogP) is 8.63. The van der Waals surface area contributed by atoms with E-state index in [9.17, 15) is 4.79 Å². The molecule has 57 heavy (non-hydrogen) atoms. The van der Waals surface area contributed by atoms with Crippen LogP contribution in [0.2, 0.25) is 10.1 Å². The molecule has 0 spiro atoms. The van der Waals surface area contributed by atoms with Gasteiger partial charge in [-0.15, -0.1) is 0 Å². The van der Waals surface area contributed by atoms with Crippen LogP contribution in [0.3, 0.4) is 0 Å². The van der Waals surface area contributed by atoms with Crippen molar-refractivity contribution in [3.05, 3.63) is 157 Å². The van der Waals surface area contributed by atoms with Gasteiger partial charge in [-0.25, -0.2) is 4.79 Å². The van der Waals surface area contributed by atoms with Gasteiger partial charge >= 0.3 is 5.97 Å². The molecule has 1 unspecified atom stereocenters. The van der Waals surface area contributed by atoms with Crippen LogP contribution in [0.1, 0.15) is 83.7 Å². The number of ether oxygens (including phenoxy) is 2.